The molecular weight excluding hydrogens is 154 g/mol. The van der Waals surface area contributed by atoms with E-state index < -0.39 is 6.03 Å². The first-order valence-electron chi connectivity index (χ1n) is 3.77. The summed E-state index contributed by atoms with van der Waals surface area (Å²) in [4.78, 5) is 13.5. The summed E-state index contributed by atoms with van der Waals surface area (Å²) >= 11 is 0. The quantitative estimate of drug-likeness (QED) is 0.287. The van der Waals surface area contributed by atoms with Gasteiger partial charge in [0.1, 0.15) is 0 Å². The molecule has 4 nitrogen and oxygen atoms in total. The average Bonchev–Trinajstić information content (AvgIpc) is 2.04. The van der Waals surface area contributed by atoms with Crippen LogP contribution in [0.4, 0.5) is 4.79 Å². The van der Waals surface area contributed by atoms with E-state index in [1.54, 1.807) is 0 Å². The normalized spacial score (nSPS) is 8.58. The molecule has 12 heavy (non-hydrogen) atoms. The highest BCUT2D eigenvalue weighted by molar-refractivity contribution is 5.72. The third-order valence-electron chi connectivity index (χ3n) is 1.40. The highest BCUT2D eigenvalue weighted by atomic mass is 16.2. The Morgan fingerprint density at radius 2 is 2.33 bits per heavy atom. The second-order valence-corrected chi connectivity index (χ2v) is 2.35. The molecule has 66 valence electrons. The Balaban J connectivity index is 3.54. The zero-order valence-electron chi connectivity index (χ0n) is 6.99. The zero-order chi connectivity index (χ0) is 9.40. The molecule has 0 aliphatic carbocycles. The second-order valence-electron chi connectivity index (χ2n) is 2.35. The lowest BCUT2D eigenvalue weighted by Crippen LogP contribution is -2.30. The monoisotopic (exact) mass is 167 g/mol. The number of amides is 2. The highest BCUT2D eigenvalue weighted by Gasteiger charge is 2.11. The second kappa shape index (κ2) is 6.23. The molecule has 0 fully saturated rings. The van der Waals surface area contributed by atoms with Crippen molar-refractivity contribution in [1.29, 1.82) is 0 Å². The molecule has 0 unspecified atom stereocenters. The van der Waals surface area contributed by atoms with Gasteiger partial charge in [0.05, 0.1) is 6.54 Å². The number of rotatable bonds is 5. The Kier molecular flexibility index (Phi) is 5.45. The van der Waals surface area contributed by atoms with E-state index in [0.29, 0.717) is 6.54 Å². The fraction of sp³-hybridized carbons (Fsp3) is 0.500. The lowest BCUT2D eigenvalue weighted by Gasteiger charge is -2.03. The summed E-state index contributed by atoms with van der Waals surface area (Å²) in [7, 11) is 0. The number of hydrogen-bond donors (Lipinski definition) is 1. The smallest absolute Gasteiger partial charge is 0.346 e. The van der Waals surface area contributed by atoms with Crippen LogP contribution in [0, 0.1) is 6.57 Å². The van der Waals surface area contributed by atoms with Crippen LogP contribution in [-0.4, -0.2) is 17.6 Å². The van der Waals surface area contributed by atoms with Gasteiger partial charge in [-0.3, -0.25) is 0 Å². The Bertz CT molecular complexity index is 195. The van der Waals surface area contributed by atoms with E-state index >= 15 is 0 Å². The van der Waals surface area contributed by atoms with E-state index in [0.717, 1.165) is 24.3 Å². The molecular formula is C8H13N3O. The van der Waals surface area contributed by atoms with Crippen molar-refractivity contribution in [3.05, 3.63) is 24.2 Å². The van der Waals surface area contributed by atoms with Gasteiger partial charge in [-0.2, -0.15) is 11.5 Å². The summed E-state index contributed by atoms with van der Waals surface area (Å²) in [6.07, 6.45) is 4.44. The lowest BCUT2D eigenvalue weighted by atomic mass is 10.2. The van der Waals surface area contributed by atoms with E-state index in [1.165, 1.54) is 0 Å². The SMILES string of the molecule is [C-]#[N+]N(CCCCC=C)C(N)=O. The zero-order valence-corrected chi connectivity index (χ0v) is 6.99. The number of nitrogens with zero attached hydrogens (tertiary/aromatic N) is 2. The van der Waals surface area contributed by atoms with Gasteiger partial charge < -0.3 is 5.73 Å². The Labute approximate surface area is 72.4 Å². The molecule has 0 atom stereocenters. The number of carbonyl (C=O) groups is 1. The van der Waals surface area contributed by atoms with E-state index in [9.17, 15) is 4.79 Å². The first kappa shape index (κ1) is 10.5. The highest BCUT2D eigenvalue weighted by Crippen LogP contribution is 1.99. The number of nitrogens with two attached hydrogens (primary N) is 1. The maximum Gasteiger partial charge on any atom is 0.380 e. The van der Waals surface area contributed by atoms with Crippen LogP contribution in [0.15, 0.2) is 12.7 Å². The number of hydrogen-bond acceptors (Lipinski definition) is 1. The minimum Gasteiger partial charge on any atom is -0.346 e. The topological polar surface area (TPSA) is 50.7 Å². The van der Waals surface area contributed by atoms with Crippen molar-refractivity contribution in [2.45, 2.75) is 19.3 Å². The lowest BCUT2D eigenvalue weighted by molar-refractivity contribution is 0.223. The summed E-state index contributed by atoms with van der Waals surface area (Å²) in [6.45, 7) is 10.6. The van der Waals surface area contributed by atoms with Crippen LogP contribution in [0.25, 0.3) is 4.95 Å². The predicted octanol–water partition coefficient (Wildman–Crippen LogP) is 1.56. The van der Waals surface area contributed by atoms with Gasteiger partial charge >= 0.3 is 6.03 Å². The number of unbranched alkanes of at least 4 members (excludes halogenated alkanes) is 2. The molecule has 0 bridgehead atoms. The third kappa shape index (κ3) is 4.34. The van der Waals surface area contributed by atoms with Crippen LogP contribution in [0.3, 0.4) is 0 Å². The minimum atomic E-state index is -0.677. The van der Waals surface area contributed by atoms with Gasteiger partial charge in [0.2, 0.25) is 0 Å². The fourth-order valence-corrected chi connectivity index (χ4v) is 0.760. The van der Waals surface area contributed by atoms with Gasteiger partial charge in [-0.05, 0) is 24.3 Å². The summed E-state index contributed by atoms with van der Waals surface area (Å²) < 4.78 is 0. The predicted molar refractivity (Wildman–Crippen MR) is 46.9 cm³/mol. The maximum absolute atomic E-state index is 10.5. The first-order valence-corrected chi connectivity index (χ1v) is 3.77. The third-order valence-corrected chi connectivity index (χ3v) is 1.40. The van der Waals surface area contributed by atoms with Crippen molar-refractivity contribution in [2.75, 3.05) is 6.54 Å². The van der Waals surface area contributed by atoms with Gasteiger partial charge in [-0.15, -0.1) is 6.58 Å². The van der Waals surface area contributed by atoms with Crippen LogP contribution in [0.2, 0.25) is 0 Å². The Hall–Kier alpha value is -1.50. The molecule has 2 amide bonds. The van der Waals surface area contributed by atoms with E-state index in [4.69, 9.17) is 12.3 Å². The molecule has 0 aliphatic heterocycles. The molecule has 0 saturated heterocycles. The van der Waals surface area contributed by atoms with Gasteiger partial charge in [0.15, 0.2) is 0 Å². The fourth-order valence-electron chi connectivity index (χ4n) is 0.760. The van der Waals surface area contributed by atoms with Crippen LogP contribution in [-0.2, 0) is 0 Å². The van der Waals surface area contributed by atoms with Gasteiger partial charge in [-0.25, -0.2) is 4.79 Å². The molecule has 0 radical (unpaired) electrons. The number of urea groups is 1. The van der Waals surface area contributed by atoms with Crippen molar-refractivity contribution >= 4 is 6.03 Å². The van der Waals surface area contributed by atoms with Crippen molar-refractivity contribution in [3.8, 4) is 0 Å². The molecule has 0 aromatic carbocycles. The van der Waals surface area contributed by atoms with Crippen LogP contribution >= 0.6 is 0 Å². The summed E-state index contributed by atoms with van der Waals surface area (Å²) in [5.41, 5.74) is 4.92. The molecule has 0 heterocycles. The van der Waals surface area contributed by atoms with Crippen molar-refractivity contribution in [1.82, 2.24) is 5.01 Å². The Morgan fingerprint density at radius 3 is 2.75 bits per heavy atom. The van der Waals surface area contributed by atoms with Crippen molar-refractivity contribution in [2.24, 2.45) is 5.73 Å². The van der Waals surface area contributed by atoms with E-state index in [2.05, 4.69) is 11.5 Å². The molecule has 0 aliphatic rings. The molecule has 4 heteroatoms. The summed E-state index contributed by atoms with van der Waals surface area (Å²) in [5.74, 6) is 0. The standard InChI is InChI=1S/C8H13N3O/c1-3-4-5-6-7-11(10-2)8(9)12/h3H,1,4-7H2,(H2,9,12). The molecule has 0 spiro atoms. The average molecular weight is 167 g/mol. The molecule has 0 rings (SSSR count). The first-order chi connectivity index (χ1) is 5.72. The van der Waals surface area contributed by atoms with E-state index in [-0.39, 0.29) is 0 Å². The number of primary amides is 1. The Morgan fingerprint density at radius 1 is 1.67 bits per heavy atom. The van der Waals surface area contributed by atoms with Crippen molar-refractivity contribution < 1.29 is 4.79 Å². The molecule has 0 aromatic rings. The summed E-state index contributed by atoms with van der Waals surface area (Å²) in [5, 5.41) is 0.934. The largest absolute Gasteiger partial charge is 0.380 e. The van der Waals surface area contributed by atoms with Crippen LogP contribution in [0.5, 0.6) is 0 Å². The number of allylic oxidation sites excluding steroid dienone is 1. The molecule has 0 saturated carbocycles. The molecule has 0 aromatic heterocycles. The number of carbonyl (C=O) groups excluding carboxylic acids is 1. The van der Waals surface area contributed by atoms with Crippen molar-refractivity contribution in [3.63, 3.8) is 0 Å². The van der Waals surface area contributed by atoms with Gasteiger partial charge in [0.25, 0.3) is 0 Å². The van der Waals surface area contributed by atoms with Crippen LogP contribution in [0.1, 0.15) is 19.3 Å². The van der Waals surface area contributed by atoms with Gasteiger partial charge in [-0.1, -0.05) is 6.08 Å². The minimum absolute atomic E-state index is 0.409. The van der Waals surface area contributed by atoms with Gasteiger partial charge in [0, 0.05) is 0 Å². The maximum atomic E-state index is 10.5. The molecule has 2 N–H and O–H groups in total. The van der Waals surface area contributed by atoms with E-state index in [1.807, 2.05) is 6.08 Å². The summed E-state index contributed by atoms with van der Waals surface area (Å²) in [6, 6.07) is -0.677. The van der Waals surface area contributed by atoms with Crippen LogP contribution < -0.4 is 5.73 Å².